The van der Waals surface area contributed by atoms with E-state index in [1.807, 2.05) is 6.92 Å². The highest BCUT2D eigenvalue weighted by atomic mass is 33.1. The molecule has 12 nitrogen and oxygen atoms in total. The summed E-state index contributed by atoms with van der Waals surface area (Å²) >= 11 is 0. The van der Waals surface area contributed by atoms with Crippen molar-refractivity contribution in [3.8, 4) is 0 Å². The summed E-state index contributed by atoms with van der Waals surface area (Å²) in [5.41, 5.74) is 0. The average Bonchev–Trinajstić information content (AvgIpc) is 2.78. The van der Waals surface area contributed by atoms with Gasteiger partial charge in [0.1, 0.15) is 19.9 Å². The zero-order chi connectivity index (χ0) is 20.0. The van der Waals surface area contributed by atoms with Gasteiger partial charge in [-0.05, 0) is 6.42 Å². The zero-order valence-corrected chi connectivity index (χ0v) is 18.1. The van der Waals surface area contributed by atoms with Crippen LogP contribution in [0.2, 0.25) is 0 Å². The molecule has 1 rings (SSSR count). The highest BCUT2D eigenvalue weighted by Gasteiger charge is 2.42. The maximum atomic E-state index is 11.7. The van der Waals surface area contributed by atoms with E-state index < -0.39 is 42.3 Å². The molecule has 1 aliphatic heterocycles. The van der Waals surface area contributed by atoms with Crippen LogP contribution in [0.15, 0.2) is 0 Å². The van der Waals surface area contributed by atoms with Crippen molar-refractivity contribution in [2.24, 2.45) is 0 Å². The van der Waals surface area contributed by atoms with E-state index >= 15 is 0 Å². The van der Waals surface area contributed by atoms with Crippen LogP contribution in [0.4, 0.5) is 0 Å². The predicted molar refractivity (Wildman–Crippen MR) is 97.1 cm³/mol. The molecule has 0 spiro atoms. The van der Waals surface area contributed by atoms with E-state index in [2.05, 4.69) is 13.1 Å². The fourth-order valence-electron chi connectivity index (χ4n) is 1.95. The molecule has 0 bridgehead atoms. The highest BCUT2D eigenvalue weighted by molar-refractivity contribution is 8.76. The van der Waals surface area contributed by atoms with E-state index in [1.54, 1.807) is 18.6 Å². The van der Waals surface area contributed by atoms with Gasteiger partial charge in [0.2, 0.25) is 0 Å². The molecule has 0 aliphatic carbocycles. The van der Waals surface area contributed by atoms with Crippen LogP contribution in [-0.4, -0.2) is 63.9 Å². The van der Waals surface area contributed by atoms with E-state index in [0.29, 0.717) is 12.4 Å². The first kappa shape index (κ1) is 25.1. The summed E-state index contributed by atoms with van der Waals surface area (Å²) < 4.78 is 56.5. The summed E-state index contributed by atoms with van der Waals surface area (Å²) in [6.45, 7) is 1.48. The van der Waals surface area contributed by atoms with E-state index in [0.717, 1.165) is 5.75 Å². The molecule has 3 unspecified atom stereocenters. The zero-order valence-electron chi connectivity index (χ0n) is 13.8. The van der Waals surface area contributed by atoms with Crippen LogP contribution in [0.5, 0.6) is 0 Å². The first-order valence-electron chi connectivity index (χ1n) is 7.13. The Kier molecular flexibility index (Phi) is 10.4. The highest BCUT2D eigenvalue weighted by Crippen LogP contribution is 2.66. The first-order chi connectivity index (χ1) is 11.8. The van der Waals surface area contributed by atoms with Crippen molar-refractivity contribution >= 4 is 52.9 Å². The van der Waals surface area contributed by atoms with Crippen LogP contribution in [0.25, 0.3) is 0 Å². The van der Waals surface area contributed by atoms with Crippen molar-refractivity contribution in [1.29, 1.82) is 0 Å². The van der Waals surface area contributed by atoms with Gasteiger partial charge in [0, 0.05) is 11.8 Å². The smallest absolute Gasteiger partial charge is 0.379 e. The summed E-state index contributed by atoms with van der Waals surface area (Å²) in [5, 5.41) is 0. The number of hydrogen-bond donors (Lipinski definition) is 4. The van der Waals surface area contributed by atoms with Crippen molar-refractivity contribution in [2.45, 2.75) is 31.6 Å². The maximum absolute atomic E-state index is 11.7. The standard InChI is InChI=1S/C8H20BO12P3S2/c1-2-25-26-5-17-6-3-8(9)19-7(6)4-18-23(13,14)21-24(15,16)20-22(10,11)12/h6-8H,2-5,9H2,1H3,(H,13,14)(H,15,16)(H2,10,11,12)/t6?,7-,8-/m1/s1. The molecule has 0 amide bonds. The number of ether oxygens (including phenoxy) is 2. The van der Waals surface area contributed by atoms with Gasteiger partial charge in [0.25, 0.3) is 0 Å². The number of rotatable bonds is 12. The minimum Gasteiger partial charge on any atom is -0.379 e. The van der Waals surface area contributed by atoms with Crippen LogP contribution < -0.4 is 0 Å². The molecule has 4 N–H and O–H groups in total. The maximum Gasteiger partial charge on any atom is 0.490 e. The fourth-order valence-corrected chi connectivity index (χ4v) is 6.31. The topological polar surface area (TPSA) is 178 Å². The van der Waals surface area contributed by atoms with Gasteiger partial charge < -0.3 is 29.0 Å². The average molecular weight is 476 g/mol. The molecule has 0 aromatic carbocycles. The SMILES string of the molecule is B[C@H]1CC(OCSSCC)[C@@H](COP(=O)(O)OP(=O)(O)OP(=O)(O)O)O1. The van der Waals surface area contributed by atoms with Gasteiger partial charge in [0.15, 0.2) is 0 Å². The molecule has 0 radical (unpaired) electrons. The van der Waals surface area contributed by atoms with Crippen LogP contribution in [0, 0.1) is 0 Å². The van der Waals surface area contributed by atoms with Crippen LogP contribution in [0.3, 0.4) is 0 Å². The molecule has 1 aliphatic rings. The Morgan fingerprint density at radius 1 is 1.12 bits per heavy atom. The minimum atomic E-state index is -5.53. The van der Waals surface area contributed by atoms with Gasteiger partial charge in [-0.15, -0.1) is 0 Å². The second-order valence-corrected chi connectivity index (χ2v) is 12.1. The lowest BCUT2D eigenvalue weighted by Crippen LogP contribution is -2.29. The normalized spacial score (nSPS) is 28.6. The summed E-state index contributed by atoms with van der Waals surface area (Å²) in [4.78, 5) is 35.5. The van der Waals surface area contributed by atoms with Crippen LogP contribution in [0.1, 0.15) is 13.3 Å². The van der Waals surface area contributed by atoms with Crippen LogP contribution in [-0.2, 0) is 36.3 Å². The predicted octanol–water partition coefficient (Wildman–Crippen LogP) is 0.822. The summed E-state index contributed by atoms with van der Waals surface area (Å²) in [6.07, 6.45) is -0.647. The third-order valence-electron chi connectivity index (χ3n) is 2.74. The quantitative estimate of drug-likeness (QED) is 0.102. The molecule has 0 aromatic heterocycles. The Hall–Kier alpha value is 1.09. The number of phosphoric acid groups is 3. The number of hydrogen-bond acceptors (Lipinski definition) is 10. The fraction of sp³-hybridized carbons (Fsp3) is 1.00. The van der Waals surface area contributed by atoms with E-state index in [1.165, 1.54) is 10.8 Å². The molecule has 154 valence electrons. The Bertz CT molecular complexity index is 589. The molecule has 0 aromatic rings. The Morgan fingerprint density at radius 2 is 1.77 bits per heavy atom. The molecule has 1 heterocycles. The number of phosphoric ester groups is 1. The molecular formula is C8H20BO12P3S2. The van der Waals surface area contributed by atoms with Gasteiger partial charge in [-0.3, -0.25) is 4.52 Å². The van der Waals surface area contributed by atoms with E-state index in [9.17, 15) is 18.6 Å². The van der Waals surface area contributed by atoms with Gasteiger partial charge in [-0.1, -0.05) is 28.5 Å². The first-order valence-corrected chi connectivity index (χ1v) is 14.1. The van der Waals surface area contributed by atoms with E-state index in [4.69, 9.17) is 24.2 Å². The molecule has 26 heavy (non-hydrogen) atoms. The van der Waals surface area contributed by atoms with E-state index in [-0.39, 0.29) is 6.00 Å². The summed E-state index contributed by atoms with van der Waals surface area (Å²) in [6, 6.07) is -0.196. The largest absolute Gasteiger partial charge is 0.490 e. The lowest BCUT2D eigenvalue weighted by molar-refractivity contribution is -0.0237. The van der Waals surface area contributed by atoms with Gasteiger partial charge >= 0.3 is 23.5 Å². The van der Waals surface area contributed by atoms with Gasteiger partial charge in [-0.25, -0.2) is 13.7 Å². The molecule has 18 heteroatoms. The molecule has 0 saturated carbocycles. The van der Waals surface area contributed by atoms with Gasteiger partial charge in [-0.2, -0.15) is 8.62 Å². The second kappa shape index (κ2) is 10.8. The Labute approximate surface area is 158 Å². The van der Waals surface area contributed by atoms with Crippen molar-refractivity contribution < 1.29 is 55.9 Å². The lowest BCUT2D eigenvalue weighted by Gasteiger charge is -2.21. The molecule has 1 saturated heterocycles. The van der Waals surface area contributed by atoms with Gasteiger partial charge in [0.05, 0.1) is 12.7 Å². The van der Waals surface area contributed by atoms with Crippen molar-refractivity contribution in [2.75, 3.05) is 18.3 Å². The Morgan fingerprint density at radius 3 is 2.35 bits per heavy atom. The third-order valence-corrected chi connectivity index (χ3v) is 8.67. The van der Waals surface area contributed by atoms with Crippen molar-refractivity contribution in [3.05, 3.63) is 0 Å². The van der Waals surface area contributed by atoms with Crippen LogP contribution >= 0.6 is 45.1 Å². The summed E-state index contributed by atoms with van der Waals surface area (Å²) in [7, 11) is -11.3. The van der Waals surface area contributed by atoms with Crippen molar-refractivity contribution in [1.82, 2.24) is 0 Å². The lowest BCUT2D eigenvalue weighted by atomic mass is 9.96. The molecule has 5 atom stereocenters. The Balaban J connectivity index is 2.54. The summed E-state index contributed by atoms with van der Waals surface area (Å²) in [5.74, 6) is 1.27. The third kappa shape index (κ3) is 10.6. The molecule has 1 fully saturated rings. The monoisotopic (exact) mass is 476 g/mol. The second-order valence-electron chi connectivity index (χ2n) is 4.95. The minimum absolute atomic E-state index is 0.196. The molecular weight excluding hydrogens is 456 g/mol. The van der Waals surface area contributed by atoms with Crippen molar-refractivity contribution in [3.63, 3.8) is 0 Å².